The number of likely N-dealkylation sites (N-methyl/N-ethyl adjacent to an activating group) is 2. The Morgan fingerprint density at radius 1 is 0.935 bits per heavy atom. The van der Waals surface area contributed by atoms with E-state index in [-0.39, 0.29) is 71.5 Å². The summed E-state index contributed by atoms with van der Waals surface area (Å²) < 4.78 is 10.8. The van der Waals surface area contributed by atoms with E-state index in [1.807, 2.05) is 69.9 Å². The van der Waals surface area contributed by atoms with Crippen molar-refractivity contribution in [2.45, 2.75) is 137 Å². The highest BCUT2D eigenvalue weighted by Crippen LogP contribution is 2.32. The Bertz CT molecular complexity index is 1760. The van der Waals surface area contributed by atoms with E-state index in [2.05, 4.69) is 29.5 Å². The number of nitrogens with zero attached hydrogens (tertiary/aromatic N) is 4. The summed E-state index contributed by atoms with van der Waals surface area (Å²) in [5, 5.41) is 18.3. The first-order valence-electron chi connectivity index (χ1n) is 22.0. The molecule has 0 bridgehead atoms. The molecule has 5 amide bonds. The average Bonchev–Trinajstić information content (AvgIpc) is 3.71. The number of aliphatic hydroxyl groups excluding tert-OH is 1. The number of nitrogens with one attached hydrogen (secondary N) is 2. The van der Waals surface area contributed by atoms with Crippen LogP contribution in [0.15, 0.2) is 48.7 Å². The third-order valence-corrected chi connectivity index (χ3v) is 12.3. The van der Waals surface area contributed by atoms with Crippen LogP contribution in [-0.4, -0.2) is 119 Å². The number of benzene rings is 1. The Labute approximate surface area is 368 Å². The van der Waals surface area contributed by atoms with Gasteiger partial charge in [0.2, 0.25) is 29.5 Å². The number of hydrogen-bond acceptors (Lipinski definition) is 11. The van der Waals surface area contributed by atoms with Crippen LogP contribution in [0.5, 0.6) is 11.6 Å². The van der Waals surface area contributed by atoms with E-state index in [1.165, 1.54) is 17.3 Å². The minimum atomic E-state index is -1.03. The molecule has 1 aromatic heterocycles. The predicted octanol–water partition coefficient (Wildman–Crippen LogP) is 5.10. The number of aliphatic hydroxyl groups is 1. The molecule has 16 nitrogen and oxygen atoms in total. The lowest BCUT2D eigenvalue weighted by Crippen LogP contribution is -2.59. The molecular formula is C46H73N7O9. The van der Waals surface area contributed by atoms with Crippen molar-refractivity contribution in [3.05, 3.63) is 54.2 Å². The van der Waals surface area contributed by atoms with Crippen LogP contribution in [0.2, 0.25) is 0 Å². The summed E-state index contributed by atoms with van der Waals surface area (Å²) in [4.78, 5) is 81.3. The second-order valence-corrected chi connectivity index (χ2v) is 17.4. The Kier molecular flexibility index (Phi) is 20.1. The third-order valence-electron chi connectivity index (χ3n) is 12.3. The van der Waals surface area contributed by atoms with Crippen LogP contribution in [-0.2, 0) is 23.9 Å². The summed E-state index contributed by atoms with van der Waals surface area (Å²) in [5.74, 6) is -2.12. The SMILES string of the molecule is CC[C@H](CC(=O)N1CCCC1[C@@H](OC)C(C)C(=O)N[C@H](C)[C@@H](O)c1ccccc1)[C@H]([C@@H](C)CC)N(C)C(=O)[C@@H](NC(=O)[C@H](C(C)C)N(C)Oc1ccnc(OC(N)=O)c1)C(C)C. The molecule has 0 aliphatic carbocycles. The minimum absolute atomic E-state index is 0.0231. The van der Waals surface area contributed by atoms with E-state index in [4.69, 9.17) is 20.0 Å². The Morgan fingerprint density at radius 3 is 2.16 bits per heavy atom. The second kappa shape index (κ2) is 24.2. The number of carbonyl (C=O) groups is 5. The Morgan fingerprint density at radius 2 is 1.60 bits per heavy atom. The number of hydrogen-bond donors (Lipinski definition) is 4. The van der Waals surface area contributed by atoms with Crippen LogP contribution in [0.1, 0.15) is 106 Å². The zero-order chi connectivity index (χ0) is 46.4. The van der Waals surface area contributed by atoms with Crippen molar-refractivity contribution < 1.29 is 43.4 Å². The molecule has 1 aliphatic rings. The lowest BCUT2D eigenvalue weighted by Gasteiger charge is -2.41. The van der Waals surface area contributed by atoms with Gasteiger partial charge in [-0.25, -0.2) is 9.78 Å². The lowest BCUT2D eigenvalue weighted by molar-refractivity contribution is -0.150. The first kappa shape index (κ1) is 51.5. The lowest BCUT2D eigenvalue weighted by atomic mass is 9.82. The number of rotatable bonds is 23. The van der Waals surface area contributed by atoms with Crippen LogP contribution in [0.3, 0.4) is 0 Å². The predicted molar refractivity (Wildman–Crippen MR) is 236 cm³/mol. The minimum Gasteiger partial charge on any atom is -0.405 e. The fourth-order valence-electron chi connectivity index (χ4n) is 8.75. The number of likely N-dealkylation sites (tertiary alicyclic amines) is 1. The molecule has 1 saturated heterocycles. The quantitative estimate of drug-likeness (QED) is 0.108. The zero-order valence-corrected chi connectivity index (χ0v) is 38.9. The maximum absolute atomic E-state index is 14.6. The van der Waals surface area contributed by atoms with Crippen molar-refractivity contribution in [2.75, 3.05) is 27.7 Å². The molecule has 346 valence electrons. The van der Waals surface area contributed by atoms with Gasteiger partial charge in [-0.1, -0.05) is 98.6 Å². The van der Waals surface area contributed by atoms with Crippen molar-refractivity contribution in [1.82, 2.24) is 30.5 Å². The molecule has 62 heavy (non-hydrogen) atoms. The number of methoxy groups -OCH3 is 1. The highest BCUT2D eigenvalue weighted by Gasteiger charge is 2.43. The number of primary amides is 1. The molecule has 1 aliphatic heterocycles. The van der Waals surface area contributed by atoms with Crippen LogP contribution >= 0.6 is 0 Å². The molecule has 0 radical (unpaired) electrons. The maximum atomic E-state index is 14.6. The van der Waals surface area contributed by atoms with Gasteiger partial charge in [0.25, 0.3) is 0 Å². The van der Waals surface area contributed by atoms with E-state index in [0.717, 1.165) is 12.8 Å². The molecule has 2 aromatic rings. The number of pyridine rings is 1. The highest BCUT2D eigenvalue weighted by atomic mass is 16.7. The molecule has 1 fully saturated rings. The Balaban J connectivity index is 1.77. The Hall–Kier alpha value is -4.80. The number of hydroxylamine groups is 2. The summed E-state index contributed by atoms with van der Waals surface area (Å²) in [6.45, 7) is 17.7. The number of amides is 5. The van der Waals surface area contributed by atoms with E-state index in [0.29, 0.717) is 24.9 Å². The topological polar surface area (TPSA) is 206 Å². The molecular weight excluding hydrogens is 795 g/mol. The fraction of sp³-hybridized carbons (Fsp3) is 0.652. The second-order valence-electron chi connectivity index (χ2n) is 17.4. The van der Waals surface area contributed by atoms with Crippen molar-refractivity contribution in [3.8, 4) is 11.6 Å². The van der Waals surface area contributed by atoms with Gasteiger partial charge in [0.1, 0.15) is 12.1 Å². The van der Waals surface area contributed by atoms with Crippen molar-refractivity contribution >= 4 is 29.7 Å². The van der Waals surface area contributed by atoms with Crippen LogP contribution in [0, 0.1) is 29.6 Å². The monoisotopic (exact) mass is 868 g/mol. The summed E-state index contributed by atoms with van der Waals surface area (Å²) in [6, 6.07) is 9.17. The van der Waals surface area contributed by atoms with E-state index in [1.54, 1.807) is 46.0 Å². The number of ether oxygens (including phenoxy) is 2. The van der Waals surface area contributed by atoms with Gasteiger partial charge >= 0.3 is 6.09 Å². The first-order valence-corrected chi connectivity index (χ1v) is 22.0. The third kappa shape index (κ3) is 13.6. The molecule has 16 heteroatoms. The van der Waals surface area contributed by atoms with Gasteiger partial charge < -0.3 is 45.6 Å². The van der Waals surface area contributed by atoms with Gasteiger partial charge in [-0.05, 0) is 49.0 Å². The molecule has 0 saturated carbocycles. The summed E-state index contributed by atoms with van der Waals surface area (Å²) in [6.07, 6.45) is 1.89. The molecule has 0 spiro atoms. The molecule has 2 unspecified atom stereocenters. The highest BCUT2D eigenvalue weighted by molar-refractivity contribution is 5.90. The standard InChI is InChI=1S/C46H73N7O9/c1-13-29(7)40(51(10)45(58)38(27(3)4)50-44(57)39(28(5)6)52(11)62-34-22-23-48-36(26-34)61-46(47)59)32(14-2)25-37(54)53-24-18-21-35(53)42(60-12)30(8)43(56)49-31(9)41(55)33-19-16-15-17-20-33/h15-17,19-20,22-23,26-32,35,38-42,55H,13-14,18,21,24-25H2,1-12H3,(H2,47,59)(H,49,56)(H,50,57)/t29-,30?,31+,32+,35?,38-,39-,40-,41+,42-/m0/s1. The van der Waals surface area contributed by atoms with Gasteiger partial charge in [0.15, 0.2) is 5.75 Å². The summed E-state index contributed by atoms with van der Waals surface area (Å²) in [5.41, 5.74) is 5.83. The van der Waals surface area contributed by atoms with Gasteiger partial charge in [-0.15, -0.1) is 5.06 Å². The van der Waals surface area contributed by atoms with Crippen LogP contribution in [0.25, 0.3) is 0 Å². The molecule has 2 heterocycles. The van der Waals surface area contributed by atoms with Crippen LogP contribution < -0.4 is 25.9 Å². The average molecular weight is 868 g/mol. The summed E-state index contributed by atoms with van der Waals surface area (Å²) in [7, 11) is 4.92. The smallest absolute Gasteiger partial charge is 0.405 e. The number of carbonyl (C=O) groups excluding carboxylic acids is 5. The van der Waals surface area contributed by atoms with E-state index in [9.17, 15) is 29.1 Å². The maximum Gasteiger partial charge on any atom is 0.411 e. The molecule has 1 aromatic carbocycles. The first-order chi connectivity index (χ1) is 29.3. The van der Waals surface area contributed by atoms with E-state index < -0.39 is 48.3 Å². The van der Waals surface area contributed by atoms with Gasteiger partial charge in [-0.2, -0.15) is 0 Å². The number of aromatic nitrogens is 1. The van der Waals surface area contributed by atoms with Crippen molar-refractivity contribution in [2.24, 2.45) is 35.3 Å². The van der Waals surface area contributed by atoms with Gasteiger partial charge in [0.05, 0.1) is 30.2 Å². The van der Waals surface area contributed by atoms with E-state index >= 15 is 0 Å². The summed E-state index contributed by atoms with van der Waals surface area (Å²) >= 11 is 0. The molecule has 10 atom stereocenters. The van der Waals surface area contributed by atoms with Gasteiger partial charge in [0, 0.05) is 58.5 Å². The van der Waals surface area contributed by atoms with Crippen molar-refractivity contribution in [3.63, 3.8) is 0 Å². The molecule has 5 N–H and O–H groups in total. The normalized spacial score (nSPS) is 18.5. The largest absolute Gasteiger partial charge is 0.411 e. The number of nitrogens with two attached hydrogens (primary N) is 1. The fourth-order valence-corrected chi connectivity index (χ4v) is 8.75. The van der Waals surface area contributed by atoms with Crippen LogP contribution in [0.4, 0.5) is 4.79 Å². The zero-order valence-electron chi connectivity index (χ0n) is 38.9. The van der Waals surface area contributed by atoms with Crippen molar-refractivity contribution in [1.29, 1.82) is 0 Å². The van der Waals surface area contributed by atoms with Gasteiger partial charge in [-0.3, -0.25) is 19.2 Å². The molecule has 3 rings (SSSR count).